The van der Waals surface area contributed by atoms with Gasteiger partial charge in [0.15, 0.2) is 6.10 Å². The maximum atomic E-state index is 12.1. The van der Waals surface area contributed by atoms with Gasteiger partial charge in [-0.15, -0.1) is 0 Å². The SMILES string of the molecule is COc1cc(C)n(CCNC(=O)C(C)Oc2ccccc2)c(=O)c1. The van der Waals surface area contributed by atoms with Gasteiger partial charge in [0.2, 0.25) is 0 Å². The van der Waals surface area contributed by atoms with Crippen LogP contribution in [0.15, 0.2) is 47.3 Å². The van der Waals surface area contributed by atoms with Gasteiger partial charge in [0.25, 0.3) is 11.5 Å². The molecule has 0 aliphatic heterocycles. The number of methoxy groups -OCH3 is 1. The van der Waals surface area contributed by atoms with E-state index in [1.54, 1.807) is 29.7 Å². The number of ether oxygens (including phenoxy) is 2. The average Bonchev–Trinajstić information content (AvgIpc) is 2.57. The molecule has 0 bridgehead atoms. The fourth-order valence-corrected chi connectivity index (χ4v) is 2.29. The molecule has 1 amide bonds. The molecule has 0 spiro atoms. The highest BCUT2D eigenvalue weighted by atomic mass is 16.5. The van der Waals surface area contributed by atoms with Gasteiger partial charge in [0.05, 0.1) is 7.11 Å². The van der Waals surface area contributed by atoms with Crippen molar-refractivity contribution in [3.8, 4) is 11.5 Å². The zero-order valence-electron chi connectivity index (χ0n) is 14.1. The minimum absolute atomic E-state index is 0.158. The molecule has 0 aliphatic carbocycles. The lowest BCUT2D eigenvalue weighted by Gasteiger charge is -2.16. The quantitative estimate of drug-likeness (QED) is 0.840. The van der Waals surface area contributed by atoms with Crippen LogP contribution in [0.2, 0.25) is 0 Å². The Labute approximate surface area is 141 Å². The summed E-state index contributed by atoms with van der Waals surface area (Å²) in [6, 6.07) is 12.4. The number of hydrogen-bond donors (Lipinski definition) is 1. The largest absolute Gasteiger partial charge is 0.496 e. The van der Waals surface area contributed by atoms with Crippen molar-refractivity contribution in [2.75, 3.05) is 13.7 Å². The van der Waals surface area contributed by atoms with E-state index in [1.807, 2.05) is 25.1 Å². The highest BCUT2D eigenvalue weighted by Crippen LogP contribution is 2.11. The van der Waals surface area contributed by atoms with Gasteiger partial charge in [0.1, 0.15) is 11.5 Å². The van der Waals surface area contributed by atoms with E-state index >= 15 is 0 Å². The van der Waals surface area contributed by atoms with Gasteiger partial charge < -0.3 is 19.4 Å². The van der Waals surface area contributed by atoms with Gasteiger partial charge in [-0.3, -0.25) is 9.59 Å². The lowest BCUT2D eigenvalue weighted by atomic mass is 10.3. The van der Waals surface area contributed by atoms with E-state index in [2.05, 4.69) is 5.32 Å². The second-order valence-electron chi connectivity index (χ2n) is 5.39. The van der Waals surface area contributed by atoms with E-state index in [9.17, 15) is 9.59 Å². The number of para-hydroxylation sites is 1. The van der Waals surface area contributed by atoms with Gasteiger partial charge in [-0.2, -0.15) is 0 Å². The van der Waals surface area contributed by atoms with Crippen LogP contribution in [-0.4, -0.2) is 30.2 Å². The number of aryl methyl sites for hydroxylation is 1. The summed E-state index contributed by atoms with van der Waals surface area (Å²) in [7, 11) is 1.52. The number of aromatic nitrogens is 1. The molecule has 0 radical (unpaired) electrons. The molecular weight excluding hydrogens is 308 g/mol. The molecule has 1 N–H and O–H groups in total. The van der Waals surface area contributed by atoms with Gasteiger partial charge in [-0.25, -0.2) is 0 Å². The van der Waals surface area contributed by atoms with E-state index in [1.165, 1.54) is 13.2 Å². The fourth-order valence-electron chi connectivity index (χ4n) is 2.29. The topological polar surface area (TPSA) is 69.6 Å². The summed E-state index contributed by atoms with van der Waals surface area (Å²) in [6.07, 6.45) is -0.610. The molecule has 1 unspecified atom stereocenters. The number of rotatable bonds is 7. The van der Waals surface area contributed by atoms with E-state index in [0.717, 1.165) is 5.69 Å². The molecule has 0 fully saturated rings. The monoisotopic (exact) mass is 330 g/mol. The summed E-state index contributed by atoms with van der Waals surface area (Å²) >= 11 is 0. The normalized spacial score (nSPS) is 11.6. The molecule has 0 aliphatic rings. The first-order valence-electron chi connectivity index (χ1n) is 7.76. The Hall–Kier alpha value is -2.76. The van der Waals surface area contributed by atoms with Crippen LogP contribution in [0.4, 0.5) is 0 Å². The lowest BCUT2D eigenvalue weighted by Crippen LogP contribution is -2.39. The first-order valence-corrected chi connectivity index (χ1v) is 7.76. The summed E-state index contributed by atoms with van der Waals surface area (Å²) in [5.41, 5.74) is 0.622. The molecule has 128 valence electrons. The molecule has 24 heavy (non-hydrogen) atoms. The van der Waals surface area contributed by atoms with Crippen LogP contribution in [0.25, 0.3) is 0 Å². The van der Waals surface area contributed by atoms with Crippen LogP contribution < -0.4 is 20.3 Å². The summed E-state index contributed by atoms with van der Waals surface area (Å²) in [5, 5.41) is 2.78. The summed E-state index contributed by atoms with van der Waals surface area (Å²) < 4.78 is 12.2. The number of benzene rings is 1. The molecule has 1 atom stereocenters. The van der Waals surface area contributed by atoms with Crippen molar-refractivity contribution in [1.29, 1.82) is 0 Å². The van der Waals surface area contributed by atoms with Gasteiger partial charge in [0, 0.05) is 24.8 Å². The predicted octanol–water partition coefficient (Wildman–Crippen LogP) is 1.75. The van der Waals surface area contributed by atoms with Crippen LogP contribution >= 0.6 is 0 Å². The Kier molecular flexibility index (Phi) is 6.01. The van der Waals surface area contributed by atoms with E-state index in [4.69, 9.17) is 9.47 Å². The molecule has 6 nitrogen and oxygen atoms in total. The standard InChI is InChI=1S/C18H22N2O4/c1-13-11-16(23-3)12-17(21)20(13)10-9-19-18(22)14(2)24-15-7-5-4-6-8-15/h4-8,11-12,14H,9-10H2,1-3H3,(H,19,22). The summed E-state index contributed by atoms with van der Waals surface area (Å²) in [6.45, 7) is 4.24. The summed E-state index contributed by atoms with van der Waals surface area (Å²) in [4.78, 5) is 24.1. The first-order chi connectivity index (χ1) is 11.5. The second-order valence-corrected chi connectivity index (χ2v) is 5.39. The maximum absolute atomic E-state index is 12.1. The Morgan fingerprint density at radius 1 is 1.21 bits per heavy atom. The van der Waals surface area contributed by atoms with Gasteiger partial charge in [-0.1, -0.05) is 18.2 Å². The van der Waals surface area contributed by atoms with Crippen molar-refractivity contribution >= 4 is 5.91 Å². The van der Waals surface area contributed by atoms with E-state index in [0.29, 0.717) is 24.6 Å². The predicted molar refractivity (Wildman–Crippen MR) is 91.5 cm³/mol. The smallest absolute Gasteiger partial charge is 0.260 e. The number of pyridine rings is 1. The Morgan fingerprint density at radius 2 is 1.92 bits per heavy atom. The highest BCUT2D eigenvalue weighted by molar-refractivity contribution is 5.80. The highest BCUT2D eigenvalue weighted by Gasteiger charge is 2.14. The third kappa shape index (κ3) is 4.62. The number of carbonyl (C=O) groups is 1. The number of hydrogen-bond acceptors (Lipinski definition) is 4. The van der Waals surface area contributed by atoms with Gasteiger partial charge >= 0.3 is 0 Å². The summed E-state index contributed by atoms with van der Waals surface area (Å²) in [5.74, 6) is 0.947. The number of carbonyl (C=O) groups excluding carboxylic acids is 1. The average molecular weight is 330 g/mol. The number of nitrogens with one attached hydrogen (secondary N) is 1. The molecule has 2 aromatic rings. The van der Waals surface area contributed by atoms with Crippen molar-refractivity contribution < 1.29 is 14.3 Å². The minimum atomic E-state index is -0.610. The van der Waals surface area contributed by atoms with Crippen molar-refractivity contribution in [2.45, 2.75) is 26.5 Å². The van der Waals surface area contributed by atoms with Crippen molar-refractivity contribution in [3.63, 3.8) is 0 Å². The Bertz CT molecular complexity index is 740. The first kappa shape index (κ1) is 17.6. The van der Waals surface area contributed by atoms with E-state index in [-0.39, 0.29) is 11.5 Å². The molecule has 0 saturated heterocycles. The fraction of sp³-hybridized carbons (Fsp3) is 0.333. The third-order valence-electron chi connectivity index (χ3n) is 3.60. The van der Waals surface area contributed by atoms with Crippen LogP contribution in [-0.2, 0) is 11.3 Å². The van der Waals surface area contributed by atoms with Crippen LogP contribution in [0.5, 0.6) is 11.5 Å². The van der Waals surface area contributed by atoms with Crippen LogP contribution in [0.1, 0.15) is 12.6 Å². The van der Waals surface area contributed by atoms with Crippen LogP contribution in [0, 0.1) is 6.92 Å². The van der Waals surface area contributed by atoms with Crippen molar-refractivity contribution in [1.82, 2.24) is 9.88 Å². The van der Waals surface area contributed by atoms with Crippen molar-refractivity contribution in [3.05, 3.63) is 58.5 Å². The third-order valence-corrected chi connectivity index (χ3v) is 3.60. The molecule has 0 saturated carbocycles. The zero-order valence-corrected chi connectivity index (χ0v) is 14.1. The Balaban J connectivity index is 1.87. The second kappa shape index (κ2) is 8.19. The molecule has 1 heterocycles. The maximum Gasteiger partial charge on any atom is 0.260 e. The molecule has 1 aromatic carbocycles. The Morgan fingerprint density at radius 3 is 2.54 bits per heavy atom. The lowest BCUT2D eigenvalue weighted by molar-refractivity contribution is -0.127. The van der Waals surface area contributed by atoms with E-state index < -0.39 is 6.10 Å². The zero-order chi connectivity index (χ0) is 17.5. The van der Waals surface area contributed by atoms with Crippen LogP contribution in [0.3, 0.4) is 0 Å². The number of amides is 1. The number of nitrogens with zero attached hydrogens (tertiary/aromatic N) is 1. The molecular formula is C18H22N2O4. The minimum Gasteiger partial charge on any atom is -0.496 e. The molecule has 6 heteroatoms. The molecule has 1 aromatic heterocycles. The van der Waals surface area contributed by atoms with Crippen molar-refractivity contribution in [2.24, 2.45) is 0 Å². The molecule has 2 rings (SSSR count). The van der Waals surface area contributed by atoms with Gasteiger partial charge in [-0.05, 0) is 32.0 Å².